The molecule has 2 aromatic rings. The van der Waals surface area contributed by atoms with Gasteiger partial charge in [-0.25, -0.2) is 0 Å². The zero-order chi connectivity index (χ0) is 16.1. The van der Waals surface area contributed by atoms with Crippen LogP contribution in [0.4, 0.5) is 0 Å². The lowest BCUT2D eigenvalue weighted by atomic mass is 9.86. The first kappa shape index (κ1) is 17.1. The molecule has 0 saturated heterocycles. The standard InChI is InChI=1S/C18H22INO2/c1-12(18(20)21)9-16(7-8-19)13-3-4-15-11-17(22-2)6-5-14(15)10-13/h3-6,10-12,16H,7-9H2,1-2H3,(H2,20,21). The summed E-state index contributed by atoms with van der Waals surface area (Å²) in [7, 11) is 1.68. The van der Waals surface area contributed by atoms with E-state index in [4.69, 9.17) is 10.5 Å². The fourth-order valence-corrected chi connectivity index (χ4v) is 3.47. The number of benzene rings is 2. The molecule has 2 atom stereocenters. The van der Waals surface area contributed by atoms with Crippen LogP contribution in [-0.4, -0.2) is 17.4 Å². The van der Waals surface area contributed by atoms with Crippen LogP contribution in [0.2, 0.25) is 0 Å². The van der Waals surface area contributed by atoms with E-state index in [1.807, 2.05) is 19.1 Å². The number of carbonyl (C=O) groups is 1. The lowest BCUT2D eigenvalue weighted by Gasteiger charge is -2.19. The third-order valence-electron chi connectivity index (χ3n) is 4.12. The summed E-state index contributed by atoms with van der Waals surface area (Å²) in [5.74, 6) is 0.917. The number of primary amides is 1. The van der Waals surface area contributed by atoms with Gasteiger partial charge in [0.15, 0.2) is 0 Å². The average Bonchev–Trinajstić information content (AvgIpc) is 2.53. The van der Waals surface area contributed by atoms with Gasteiger partial charge in [0.25, 0.3) is 0 Å². The van der Waals surface area contributed by atoms with E-state index < -0.39 is 0 Å². The molecule has 118 valence electrons. The van der Waals surface area contributed by atoms with Gasteiger partial charge in [-0.2, -0.15) is 0 Å². The van der Waals surface area contributed by atoms with Crippen molar-refractivity contribution >= 4 is 39.3 Å². The van der Waals surface area contributed by atoms with Crippen LogP contribution in [0.1, 0.15) is 31.2 Å². The zero-order valence-electron chi connectivity index (χ0n) is 13.0. The highest BCUT2D eigenvalue weighted by Crippen LogP contribution is 2.31. The summed E-state index contributed by atoms with van der Waals surface area (Å²) in [6, 6.07) is 12.6. The number of amides is 1. The van der Waals surface area contributed by atoms with Gasteiger partial charge < -0.3 is 10.5 Å². The van der Waals surface area contributed by atoms with Crippen molar-refractivity contribution in [2.24, 2.45) is 11.7 Å². The first-order valence-corrected chi connectivity index (χ1v) is 9.00. The Morgan fingerprint density at radius 3 is 2.55 bits per heavy atom. The Morgan fingerprint density at radius 2 is 1.91 bits per heavy atom. The molecule has 2 N–H and O–H groups in total. The summed E-state index contributed by atoms with van der Waals surface area (Å²) in [6.45, 7) is 1.91. The molecule has 1 amide bonds. The molecule has 0 aliphatic heterocycles. The van der Waals surface area contributed by atoms with Crippen molar-refractivity contribution in [3.8, 4) is 5.75 Å². The van der Waals surface area contributed by atoms with Crippen molar-refractivity contribution in [2.45, 2.75) is 25.7 Å². The Hall–Kier alpha value is -1.30. The number of ether oxygens (including phenoxy) is 1. The summed E-state index contributed by atoms with van der Waals surface area (Å²) in [5, 5.41) is 2.36. The molecular formula is C18H22INO2. The van der Waals surface area contributed by atoms with Gasteiger partial charge in [-0.1, -0.05) is 53.8 Å². The number of alkyl halides is 1. The molecule has 0 spiro atoms. The number of hydrogen-bond acceptors (Lipinski definition) is 2. The molecule has 2 rings (SSSR count). The Morgan fingerprint density at radius 1 is 1.23 bits per heavy atom. The Bertz CT molecular complexity index is 657. The SMILES string of the molecule is COc1ccc2cc(C(CCI)CC(C)C(N)=O)ccc2c1. The molecule has 0 radical (unpaired) electrons. The van der Waals surface area contributed by atoms with Crippen LogP contribution in [0.5, 0.6) is 5.75 Å². The molecule has 0 heterocycles. The molecule has 2 aromatic carbocycles. The molecule has 0 saturated carbocycles. The molecule has 22 heavy (non-hydrogen) atoms. The van der Waals surface area contributed by atoms with Crippen LogP contribution in [0.25, 0.3) is 10.8 Å². The van der Waals surface area contributed by atoms with Crippen molar-refractivity contribution in [1.29, 1.82) is 0 Å². The quantitative estimate of drug-likeness (QED) is 0.547. The van der Waals surface area contributed by atoms with Crippen LogP contribution in [0, 0.1) is 5.92 Å². The van der Waals surface area contributed by atoms with Gasteiger partial charge in [-0.3, -0.25) is 4.79 Å². The topological polar surface area (TPSA) is 52.3 Å². The molecule has 4 heteroatoms. The van der Waals surface area contributed by atoms with E-state index in [-0.39, 0.29) is 11.8 Å². The predicted octanol–water partition coefficient (Wildman–Crippen LogP) is 4.27. The third kappa shape index (κ3) is 4.12. The van der Waals surface area contributed by atoms with E-state index in [0.717, 1.165) is 23.0 Å². The third-order valence-corrected chi connectivity index (χ3v) is 4.75. The predicted molar refractivity (Wildman–Crippen MR) is 99.7 cm³/mol. The second kappa shape index (κ2) is 7.81. The Kier molecular flexibility index (Phi) is 6.06. The first-order valence-electron chi connectivity index (χ1n) is 7.48. The van der Waals surface area contributed by atoms with E-state index in [0.29, 0.717) is 5.92 Å². The van der Waals surface area contributed by atoms with Gasteiger partial charge in [-0.05, 0) is 47.2 Å². The van der Waals surface area contributed by atoms with Crippen LogP contribution >= 0.6 is 22.6 Å². The number of carbonyl (C=O) groups excluding carboxylic acids is 1. The fourth-order valence-electron chi connectivity index (χ4n) is 2.72. The van der Waals surface area contributed by atoms with Crippen LogP contribution in [0.15, 0.2) is 36.4 Å². The average molecular weight is 411 g/mol. The Labute approximate surface area is 145 Å². The minimum atomic E-state index is -0.219. The number of rotatable bonds is 7. The number of fused-ring (bicyclic) bond motifs is 1. The molecule has 2 unspecified atom stereocenters. The van der Waals surface area contributed by atoms with Crippen LogP contribution in [0.3, 0.4) is 0 Å². The Balaban J connectivity index is 2.31. The van der Waals surface area contributed by atoms with Gasteiger partial charge in [0.1, 0.15) is 5.75 Å². The van der Waals surface area contributed by atoms with Crippen LogP contribution in [-0.2, 0) is 4.79 Å². The summed E-state index contributed by atoms with van der Waals surface area (Å²) < 4.78 is 6.33. The van der Waals surface area contributed by atoms with Crippen molar-refractivity contribution in [1.82, 2.24) is 0 Å². The molecule has 3 nitrogen and oxygen atoms in total. The van der Waals surface area contributed by atoms with E-state index in [1.165, 1.54) is 16.3 Å². The molecule has 0 aromatic heterocycles. The maximum Gasteiger partial charge on any atom is 0.220 e. The largest absolute Gasteiger partial charge is 0.497 e. The molecule has 0 aliphatic carbocycles. The molecule has 0 aliphatic rings. The lowest BCUT2D eigenvalue weighted by Crippen LogP contribution is -2.22. The summed E-state index contributed by atoms with van der Waals surface area (Å²) in [4.78, 5) is 11.4. The fraction of sp³-hybridized carbons (Fsp3) is 0.389. The molecule has 0 fully saturated rings. The van der Waals surface area contributed by atoms with Gasteiger partial charge in [0.2, 0.25) is 5.91 Å². The zero-order valence-corrected chi connectivity index (χ0v) is 15.2. The minimum absolute atomic E-state index is 0.0977. The van der Waals surface area contributed by atoms with Gasteiger partial charge in [-0.15, -0.1) is 0 Å². The number of nitrogens with two attached hydrogens (primary N) is 1. The number of halogens is 1. The van der Waals surface area contributed by atoms with Gasteiger partial charge >= 0.3 is 0 Å². The van der Waals surface area contributed by atoms with E-state index in [9.17, 15) is 4.79 Å². The highest BCUT2D eigenvalue weighted by atomic mass is 127. The minimum Gasteiger partial charge on any atom is -0.497 e. The lowest BCUT2D eigenvalue weighted by molar-refractivity contribution is -0.121. The van der Waals surface area contributed by atoms with Crippen LogP contribution < -0.4 is 10.5 Å². The van der Waals surface area contributed by atoms with Gasteiger partial charge in [0, 0.05) is 10.3 Å². The van der Waals surface area contributed by atoms with Crippen molar-refractivity contribution in [3.05, 3.63) is 42.0 Å². The number of methoxy groups -OCH3 is 1. The van der Waals surface area contributed by atoms with Crippen molar-refractivity contribution in [3.63, 3.8) is 0 Å². The monoisotopic (exact) mass is 411 g/mol. The molecular weight excluding hydrogens is 389 g/mol. The normalized spacial score (nSPS) is 13.8. The second-order valence-electron chi connectivity index (χ2n) is 5.69. The maximum absolute atomic E-state index is 11.4. The number of hydrogen-bond donors (Lipinski definition) is 1. The van der Waals surface area contributed by atoms with Crippen molar-refractivity contribution < 1.29 is 9.53 Å². The highest BCUT2D eigenvalue weighted by Gasteiger charge is 2.18. The van der Waals surface area contributed by atoms with E-state index in [1.54, 1.807) is 7.11 Å². The highest BCUT2D eigenvalue weighted by molar-refractivity contribution is 14.1. The summed E-state index contributed by atoms with van der Waals surface area (Å²) >= 11 is 2.39. The van der Waals surface area contributed by atoms with E-state index >= 15 is 0 Å². The molecule has 0 bridgehead atoms. The van der Waals surface area contributed by atoms with Crippen molar-refractivity contribution in [2.75, 3.05) is 11.5 Å². The maximum atomic E-state index is 11.4. The van der Waals surface area contributed by atoms with E-state index in [2.05, 4.69) is 46.9 Å². The summed E-state index contributed by atoms with van der Waals surface area (Å²) in [6.07, 6.45) is 1.86. The first-order chi connectivity index (χ1) is 10.5. The van der Waals surface area contributed by atoms with Gasteiger partial charge in [0.05, 0.1) is 7.11 Å². The smallest absolute Gasteiger partial charge is 0.220 e. The summed E-state index contributed by atoms with van der Waals surface area (Å²) in [5.41, 5.74) is 6.71. The second-order valence-corrected chi connectivity index (χ2v) is 6.76.